The zero-order valence-electron chi connectivity index (χ0n) is 8.20. The summed E-state index contributed by atoms with van der Waals surface area (Å²) in [6.45, 7) is 0. The van der Waals surface area contributed by atoms with Crippen molar-refractivity contribution in [2.24, 2.45) is 0 Å². The lowest BCUT2D eigenvalue weighted by molar-refractivity contribution is 0.608. The lowest BCUT2D eigenvalue weighted by Gasteiger charge is -2.06. The van der Waals surface area contributed by atoms with Crippen LogP contribution in [0.25, 0.3) is 0 Å². The average molecular weight is 266 g/mol. The van der Waals surface area contributed by atoms with Gasteiger partial charge in [0, 0.05) is 22.0 Å². The Labute approximate surface area is 97.9 Å². The van der Waals surface area contributed by atoms with Gasteiger partial charge >= 0.3 is 0 Å². The first-order valence-corrected chi connectivity index (χ1v) is 8.24. The minimum Gasteiger partial charge on any atom is -0.246 e. The second kappa shape index (κ2) is 4.39. The number of rotatable bonds is 3. The number of aryl methyl sites for hydroxylation is 3. The van der Waals surface area contributed by atoms with Gasteiger partial charge in [0.15, 0.2) is 0 Å². The number of halogens is 1. The van der Waals surface area contributed by atoms with Crippen LogP contribution in [0.3, 0.4) is 0 Å². The maximum Gasteiger partial charge on any atom is 0.233 e. The molecule has 0 aliphatic heterocycles. The predicted octanol–water partition coefficient (Wildman–Crippen LogP) is 2.13. The van der Waals surface area contributed by atoms with Crippen LogP contribution in [0.1, 0.15) is 28.4 Å². The van der Waals surface area contributed by atoms with Gasteiger partial charge in [-0.25, -0.2) is 13.4 Å². The Morgan fingerprint density at radius 3 is 2.73 bits per heavy atom. The minimum absolute atomic E-state index is 0.0129. The molecule has 0 N–H and O–H groups in total. The summed E-state index contributed by atoms with van der Waals surface area (Å²) in [7, 11) is 1.77. The van der Waals surface area contributed by atoms with Gasteiger partial charge in [0.05, 0.1) is 16.5 Å². The standard InChI is InChI=1S/C9H12ClNO2S2/c10-15(12,13)6-5-9-11-7-3-1-2-4-8(7)14-9/h1-6H2. The Morgan fingerprint density at radius 2 is 2.07 bits per heavy atom. The molecule has 3 nitrogen and oxygen atoms in total. The molecule has 1 aromatic rings. The van der Waals surface area contributed by atoms with Crippen molar-refractivity contribution in [1.82, 2.24) is 4.98 Å². The molecule has 0 saturated heterocycles. The molecule has 6 heteroatoms. The highest BCUT2D eigenvalue weighted by Gasteiger charge is 2.16. The molecule has 1 aliphatic rings. The van der Waals surface area contributed by atoms with Crippen LogP contribution in [-0.4, -0.2) is 19.2 Å². The zero-order chi connectivity index (χ0) is 10.9. The Kier molecular flexibility index (Phi) is 3.33. The van der Waals surface area contributed by atoms with Gasteiger partial charge < -0.3 is 0 Å². The smallest absolute Gasteiger partial charge is 0.233 e. The fourth-order valence-corrected chi connectivity index (χ4v) is 3.68. The molecular weight excluding hydrogens is 254 g/mol. The molecule has 0 bridgehead atoms. The highest BCUT2D eigenvalue weighted by Crippen LogP contribution is 2.27. The van der Waals surface area contributed by atoms with Crippen LogP contribution in [0.5, 0.6) is 0 Å². The van der Waals surface area contributed by atoms with Gasteiger partial charge in [-0.3, -0.25) is 0 Å². The monoisotopic (exact) mass is 265 g/mol. The number of fused-ring (bicyclic) bond motifs is 1. The zero-order valence-corrected chi connectivity index (χ0v) is 10.6. The van der Waals surface area contributed by atoms with E-state index in [1.807, 2.05) is 0 Å². The third-order valence-electron chi connectivity index (χ3n) is 2.45. The number of nitrogens with zero attached hydrogens (tertiary/aromatic N) is 1. The third-order valence-corrected chi connectivity index (χ3v) is 4.82. The average Bonchev–Trinajstić information content (AvgIpc) is 2.56. The van der Waals surface area contributed by atoms with E-state index in [1.54, 1.807) is 11.3 Å². The fourth-order valence-electron chi connectivity index (χ4n) is 1.72. The van der Waals surface area contributed by atoms with E-state index in [0.717, 1.165) is 17.8 Å². The second-order valence-electron chi connectivity index (χ2n) is 3.68. The van der Waals surface area contributed by atoms with E-state index < -0.39 is 9.05 Å². The Bertz CT molecular complexity index is 429. The summed E-state index contributed by atoms with van der Waals surface area (Å²) in [6, 6.07) is 0. The molecule has 0 amide bonds. The first-order chi connectivity index (χ1) is 7.04. The van der Waals surface area contributed by atoms with Crippen LogP contribution >= 0.6 is 22.0 Å². The van der Waals surface area contributed by atoms with Crippen LogP contribution in [-0.2, 0) is 28.3 Å². The van der Waals surface area contributed by atoms with Crippen LogP contribution < -0.4 is 0 Å². The number of aromatic nitrogens is 1. The number of hydrogen-bond donors (Lipinski definition) is 0. The molecule has 0 fully saturated rings. The van der Waals surface area contributed by atoms with Crippen LogP contribution in [0.2, 0.25) is 0 Å². The van der Waals surface area contributed by atoms with Gasteiger partial charge in [0.25, 0.3) is 0 Å². The number of hydrogen-bond acceptors (Lipinski definition) is 4. The van der Waals surface area contributed by atoms with Gasteiger partial charge in [-0.2, -0.15) is 0 Å². The molecule has 1 aromatic heterocycles. The van der Waals surface area contributed by atoms with Crippen molar-refractivity contribution in [3.63, 3.8) is 0 Å². The van der Waals surface area contributed by atoms with Crippen molar-refractivity contribution in [2.75, 3.05) is 5.75 Å². The normalized spacial score (nSPS) is 16.3. The predicted molar refractivity (Wildman–Crippen MR) is 62.1 cm³/mol. The van der Waals surface area contributed by atoms with E-state index in [-0.39, 0.29) is 5.75 Å². The summed E-state index contributed by atoms with van der Waals surface area (Å²) >= 11 is 1.64. The summed E-state index contributed by atoms with van der Waals surface area (Å²) in [5.74, 6) is -0.0129. The third kappa shape index (κ3) is 3.16. The van der Waals surface area contributed by atoms with Crippen molar-refractivity contribution < 1.29 is 8.42 Å². The van der Waals surface area contributed by atoms with Crippen molar-refractivity contribution in [2.45, 2.75) is 32.1 Å². The quantitative estimate of drug-likeness (QED) is 0.787. The van der Waals surface area contributed by atoms with Crippen molar-refractivity contribution >= 4 is 31.1 Å². The maximum absolute atomic E-state index is 10.8. The molecule has 15 heavy (non-hydrogen) atoms. The summed E-state index contributed by atoms with van der Waals surface area (Å²) in [4.78, 5) is 5.79. The van der Waals surface area contributed by atoms with Gasteiger partial charge in [-0.15, -0.1) is 11.3 Å². The van der Waals surface area contributed by atoms with E-state index in [0.29, 0.717) is 6.42 Å². The Morgan fingerprint density at radius 1 is 1.33 bits per heavy atom. The van der Waals surface area contributed by atoms with E-state index in [9.17, 15) is 8.42 Å². The number of thiazole rings is 1. The molecule has 0 aromatic carbocycles. The topological polar surface area (TPSA) is 47.0 Å². The van der Waals surface area contributed by atoms with Gasteiger partial charge in [0.1, 0.15) is 0 Å². The molecular formula is C9H12ClNO2S2. The van der Waals surface area contributed by atoms with E-state index in [4.69, 9.17) is 10.7 Å². The van der Waals surface area contributed by atoms with Gasteiger partial charge in [0.2, 0.25) is 9.05 Å². The molecule has 0 atom stereocenters. The van der Waals surface area contributed by atoms with Gasteiger partial charge in [-0.1, -0.05) is 0 Å². The second-order valence-corrected chi connectivity index (χ2v) is 7.74. The largest absolute Gasteiger partial charge is 0.246 e. The molecule has 0 saturated carbocycles. The van der Waals surface area contributed by atoms with Crippen LogP contribution in [0.15, 0.2) is 0 Å². The first kappa shape index (κ1) is 11.4. The summed E-state index contributed by atoms with van der Waals surface area (Å²) in [5, 5.41) is 0.908. The van der Waals surface area contributed by atoms with E-state index in [2.05, 4.69) is 4.98 Å². The SMILES string of the molecule is O=S(=O)(Cl)CCc1nc2c(s1)CCCC2. The molecule has 1 heterocycles. The summed E-state index contributed by atoms with van der Waals surface area (Å²) in [6.07, 6.45) is 5.01. The maximum atomic E-state index is 10.8. The highest BCUT2D eigenvalue weighted by atomic mass is 35.7. The lowest BCUT2D eigenvalue weighted by atomic mass is 10.0. The molecule has 0 spiro atoms. The van der Waals surface area contributed by atoms with Crippen molar-refractivity contribution in [3.8, 4) is 0 Å². The molecule has 1 aliphatic carbocycles. The molecule has 84 valence electrons. The van der Waals surface area contributed by atoms with Crippen molar-refractivity contribution in [1.29, 1.82) is 0 Å². The van der Waals surface area contributed by atoms with E-state index in [1.165, 1.54) is 23.4 Å². The van der Waals surface area contributed by atoms with Crippen molar-refractivity contribution in [3.05, 3.63) is 15.6 Å². The molecule has 2 rings (SSSR count). The van der Waals surface area contributed by atoms with E-state index >= 15 is 0 Å². The summed E-state index contributed by atoms with van der Waals surface area (Å²) in [5.41, 5.74) is 1.17. The molecule has 0 unspecified atom stereocenters. The highest BCUT2D eigenvalue weighted by molar-refractivity contribution is 8.13. The van der Waals surface area contributed by atoms with Crippen LogP contribution in [0, 0.1) is 0 Å². The lowest BCUT2D eigenvalue weighted by Crippen LogP contribution is -2.01. The Hall–Kier alpha value is -0.130. The summed E-state index contributed by atoms with van der Waals surface area (Å²) < 4.78 is 21.6. The fraction of sp³-hybridized carbons (Fsp3) is 0.667. The minimum atomic E-state index is -3.38. The van der Waals surface area contributed by atoms with Gasteiger partial charge in [-0.05, 0) is 25.7 Å². The Balaban J connectivity index is 2.07. The van der Waals surface area contributed by atoms with Crippen LogP contribution in [0.4, 0.5) is 0 Å². The first-order valence-electron chi connectivity index (χ1n) is 4.94. The molecule has 0 radical (unpaired) electrons.